The molecule has 2 heterocycles. The number of likely N-dealkylation sites (tertiary alicyclic amines) is 1. The molecule has 0 radical (unpaired) electrons. The molecule has 2 rings (SSSR count). The van der Waals surface area contributed by atoms with E-state index in [0.29, 0.717) is 6.04 Å². The molecule has 1 aromatic rings. The molecule has 17 heavy (non-hydrogen) atoms. The van der Waals surface area contributed by atoms with E-state index in [2.05, 4.69) is 10.4 Å². The van der Waals surface area contributed by atoms with Gasteiger partial charge in [-0.05, 0) is 26.8 Å². The van der Waals surface area contributed by atoms with Crippen LogP contribution in [-0.2, 0) is 7.05 Å². The molecule has 0 bridgehead atoms. The fourth-order valence-corrected chi connectivity index (χ4v) is 2.25. The van der Waals surface area contributed by atoms with Gasteiger partial charge >= 0.3 is 0 Å². The number of piperidine rings is 1. The molecule has 1 saturated heterocycles. The normalized spacial score (nSPS) is 17.5. The molecule has 0 aromatic carbocycles. The van der Waals surface area contributed by atoms with Crippen LogP contribution >= 0.6 is 0 Å². The molecule has 94 valence electrons. The van der Waals surface area contributed by atoms with Crippen LogP contribution in [0.15, 0.2) is 6.20 Å². The van der Waals surface area contributed by atoms with E-state index in [0.717, 1.165) is 37.2 Å². The lowest BCUT2D eigenvalue weighted by Crippen LogP contribution is -2.44. The zero-order valence-corrected chi connectivity index (χ0v) is 10.7. The first-order chi connectivity index (χ1) is 8.13. The quantitative estimate of drug-likeness (QED) is 0.816. The summed E-state index contributed by atoms with van der Waals surface area (Å²) in [7, 11) is 3.84. The number of rotatable bonds is 2. The van der Waals surface area contributed by atoms with Crippen molar-refractivity contribution in [3.8, 4) is 0 Å². The lowest BCUT2D eigenvalue weighted by molar-refractivity contribution is 0.0706. The highest BCUT2D eigenvalue weighted by molar-refractivity contribution is 5.95. The van der Waals surface area contributed by atoms with E-state index in [9.17, 15) is 4.79 Å². The molecular formula is C12H20N4O. The van der Waals surface area contributed by atoms with Crippen molar-refractivity contribution in [1.82, 2.24) is 20.0 Å². The van der Waals surface area contributed by atoms with Gasteiger partial charge in [-0.2, -0.15) is 5.10 Å². The zero-order valence-electron chi connectivity index (χ0n) is 10.7. The Kier molecular flexibility index (Phi) is 3.47. The van der Waals surface area contributed by atoms with Crippen LogP contribution in [0.1, 0.15) is 28.9 Å². The number of nitrogens with one attached hydrogen (secondary N) is 1. The molecular weight excluding hydrogens is 216 g/mol. The van der Waals surface area contributed by atoms with Crippen molar-refractivity contribution < 1.29 is 4.79 Å². The van der Waals surface area contributed by atoms with Gasteiger partial charge in [0.25, 0.3) is 5.91 Å². The van der Waals surface area contributed by atoms with Gasteiger partial charge in [0.15, 0.2) is 0 Å². The molecule has 0 unspecified atom stereocenters. The summed E-state index contributed by atoms with van der Waals surface area (Å²) in [5, 5.41) is 7.38. The summed E-state index contributed by atoms with van der Waals surface area (Å²) < 4.78 is 1.74. The number of aryl methyl sites for hydroxylation is 1. The highest BCUT2D eigenvalue weighted by Gasteiger charge is 2.24. The van der Waals surface area contributed by atoms with E-state index in [1.54, 1.807) is 10.9 Å². The first-order valence-corrected chi connectivity index (χ1v) is 6.08. The number of hydrogen-bond donors (Lipinski definition) is 1. The van der Waals surface area contributed by atoms with Crippen LogP contribution in [-0.4, -0.2) is 46.8 Å². The summed E-state index contributed by atoms with van der Waals surface area (Å²) in [4.78, 5) is 14.2. The van der Waals surface area contributed by atoms with Gasteiger partial charge in [0, 0.05) is 31.9 Å². The first-order valence-electron chi connectivity index (χ1n) is 6.08. The topological polar surface area (TPSA) is 50.2 Å². The van der Waals surface area contributed by atoms with Gasteiger partial charge < -0.3 is 10.2 Å². The van der Waals surface area contributed by atoms with E-state index in [1.165, 1.54) is 0 Å². The van der Waals surface area contributed by atoms with Gasteiger partial charge in [-0.3, -0.25) is 9.48 Å². The fraction of sp³-hybridized carbons (Fsp3) is 0.667. The second kappa shape index (κ2) is 4.87. The van der Waals surface area contributed by atoms with Gasteiger partial charge in [-0.25, -0.2) is 0 Å². The monoisotopic (exact) mass is 236 g/mol. The average Bonchev–Trinajstić information content (AvgIpc) is 2.69. The summed E-state index contributed by atoms with van der Waals surface area (Å²) >= 11 is 0. The van der Waals surface area contributed by atoms with Crippen LogP contribution in [0.5, 0.6) is 0 Å². The maximum atomic E-state index is 12.3. The summed E-state index contributed by atoms with van der Waals surface area (Å²) in [5.41, 5.74) is 1.67. The van der Waals surface area contributed by atoms with E-state index in [-0.39, 0.29) is 5.91 Å². The number of carbonyl (C=O) groups is 1. The molecule has 1 amide bonds. The first kappa shape index (κ1) is 12.1. The van der Waals surface area contributed by atoms with E-state index >= 15 is 0 Å². The summed E-state index contributed by atoms with van der Waals surface area (Å²) in [6.45, 7) is 3.60. The Morgan fingerprint density at radius 2 is 2.12 bits per heavy atom. The van der Waals surface area contributed by atoms with Gasteiger partial charge in [-0.15, -0.1) is 0 Å². The largest absolute Gasteiger partial charge is 0.338 e. The molecule has 1 N–H and O–H groups in total. The molecule has 0 saturated carbocycles. The van der Waals surface area contributed by atoms with E-state index in [4.69, 9.17) is 0 Å². The van der Waals surface area contributed by atoms with Crippen LogP contribution in [0, 0.1) is 6.92 Å². The number of carbonyl (C=O) groups excluding carboxylic acids is 1. The molecule has 1 fully saturated rings. The predicted octanol–water partition coefficient (Wildman–Crippen LogP) is 0.553. The summed E-state index contributed by atoms with van der Waals surface area (Å²) in [6, 6.07) is 0.550. The number of hydrogen-bond acceptors (Lipinski definition) is 3. The minimum atomic E-state index is 0.116. The van der Waals surface area contributed by atoms with Crippen LogP contribution in [0.2, 0.25) is 0 Å². The third-order valence-electron chi connectivity index (χ3n) is 3.66. The third-order valence-corrected chi connectivity index (χ3v) is 3.66. The van der Waals surface area contributed by atoms with Crippen LogP contribution in [0.4, 0.5) is 0 Å². The van der Waals surface area contributed by atoms with Crippen LogP contribution in [0.25, 0.3) is 0 Å². The molecule has 0 atom stereocenters. The standard InChI is InChI=1S/C12H20N4O/c1-9-11(8-14-15(9)3)12(17)16-6-4-10(13-2)5-7-16/h8,10,13H,4-7H2,1-3H3. The molecule has 1 aliphatic heterocycles. The predicted molar refractivity (Wildman–Crippen MR) is 65.9 cm³/mol. The highest BCUT2D eigenvalue weighted by Crippen LogP contribution is 2.15. The minimum absolute atomic E-state index is 0.116. The number of nitrogens with zero attached hydrogens (tertiary/aromatic N) is 3. The van der Waals surface area contributed by atoms with Crippen molar-refractivity contribution in [1.29, 1.82) is 0 Å². The van der Waals surface area contributed by atoms with Gasteiger partial charge in [0.2, 0.25) is 0 Å². The Hall–Kier alpha value is -1.36. The lowest BCUT2D eigenvalue weighted by Gasteiger charge is -2.31. The number of aromatic nitrogens is 2. The van der Waals surface area contributed by atoms with Gasteiger partial charge in [-0.1, -0.05) is 0 Å². The molecule has 0 aliphatic carbocycles. The van der Waals surface area contributed by atoms with Gasteiger partial charge in [0.05, 0.1) is 11.8 Å². The minimum Gasteiger partial charge on any atom is -0.338 e. The third kappa shape index (κ3) is 2.34. The Morgan fingerprint density at radius 3 is 2.59 bits per heavy atom. The molecule has 1 aromatic heterocycles. The molecule has 1 aliphatic rings. The highest BCUT2D eigenvalue weighted by atomic mass is 16.2. The second-order valence-electron chi connectivity index (χ2n) is 4.62. The molecule has 5 nitrogen and oxygen atoms in total. The van der Waals surface area contributed by atoms with Crippen molar-refractivity contribution in [2.24, 2.45) is 7.05 Å². The van der Waals surface area contributed by atoms with E-state index in [1.807, 2.05) is 25.9 Å². The summed E-state index contributed by atoms with van der Waals surface area (Å²) in [6.07, 6.45) is 3.73. The smallest absolute Gasteiger partial charge is 0.257 e. The molecule has 5 heteroatoms. The van der Waals surface area contributed by atoms with Gasteiger partial charge in [0.1, 0.15) is 0 Å². The SMILES string of the molecule is CNC1CCN(C(=O)c2cnn(C)c2C)CC1. The molecule has 0 spiro atoms. The maximum Gasteiger partial charge on any atom is 0.257 e. The second-order valence-corrected chi connectivity index (χ2v) is 4.62. The van der Waals surface area contributed by atoms with Crippen LogP contribution in [0.3, 0.4) is 0 Å². The Bertz CT molecular complexity index is 405. The Balaban J connectivity index is 2.04. The van der Waals surface area contributed by atoms with E-state index < -0.39 is 0 Å². The average molecular weight is 236 g/mol. The summed E-state index contributed by atoms with van der Waals surface area (Å²) in [5.74, 6) is 0.116. The van der Waals surface area contributed by atoms with Crippen molar-refractivity contribution in [2.75, 3.05) is 20.1 Å². The Labute approximate surface area is 102 Å². The maximum absolute atomic E-state index is 12.3. The van der Waals surface area contributed by atoms with Crippen molar-refractivity contribution in [2.45, 2.75) is 25.8 Å². The number of amides is 1. The van der Waals surface area contributed by atoms with Crippen molar-refractivity contribution in [3.63, 3.8) is 0 Å². The fourth-order valence-electron chi connectivity index (χ4n) is 2.25. The van der Waals surface area contributed by atoms with Crippen molar-refractivity contribution in [3.05, 3.63) is 17.5 Å². The zero-order chi connectivity index (χ0) is 12.4. The van der Waals surface area contributed by atoms with Crippen LogP contribution < -0.4 is 5.32 Å². The van der Waals surface area contributed by atoms with Crippen molar-refractivity contribution >= 4 is 5.91 Å². The Morgan fingerprint density at radius 1 is 1.47 bits per heavy atom. The lowest BCUT2D eigenvalue weighted by atomic mass is 10.0.